The topological polar surface area (TPSA) is 52.0 Å². The van der Waals surface area contributed by atoms with Crippen molar-refractivity contribution in [2.45, 2.75) is 19.5 Å². The van der Waals surface area contributed by atoms with Gasteiger partial charge in [-0.2, -0.15) is 0 Å². The Bertz CT molecular complexity index is 783. The Hall–Kier alpha value is -1.95. The van der Waals surface area contributed by atoms with Crippen LogP contribution in [0.1, 0.15) is 12.5 Å². The number of halogens is 2. The number of hydrogen-bond donors (Lipinski definition) is 2. The molecule has 5 nitrogen and oxygen atoms in total. The summed E-state index contributed by atoms with van der Waals surface area (Å²) in [5.74, 6) is 1.17. The number of anilines is 1. The quantitative estimate of drug-likeness (QED) is 0.754. The van der Waals surface area contributed by atoms with Crippen molar-refractivity contribution in [1.82, 2.24) is 0 Å². The number of ether oxygens (including phenoxy) is 2. The van der Waals surface area contributed by atoms with Crippen molar-refractivity contribution in [2.75, 3.05) is 26.6 Å². The van der Waals surface area contributed by atoms with Crippen LogP contribution >= 0.6 is 23.2 Å². The van der Waals surface area contributed by atoms with Gasteiger partial charge in [-0.05, 0) is 43.3 Å². The first-order chi connectivity index (χ1) is 12.3. The maximum absolute atomic E-state index is 12.7. The summed E-state index contributed by atoms with van der Waals surface area (Å²) in [6, 6.07) is 10.2. The van der Waals surface area contributed by atoms with Gasteiger partial charge in [0, 0.05) is 15.6 Å². The van der Waals surface area contributed by atoms with Gasteiger partial charge in [0.1, 0.15) is 18.0 Å². The SMILES string of the molecule is COc1ccc(Cl)cc1C[NH+](C)[C@@H](C)C(=O)Nc1cc(Cl)ccc1OC. The Balaban J connectivity index is 2.11. The molecule has 2 N–H and O–H groups in total. The van der Waals surface area contributed by atoms with E-state index in [0.29, 0.717) is 28.0 Å². The monoisotopic (exact) mass is 397 g/mol. The largest absolute Gasteiger partial charge is 0.496 e. The molecule has 2 rings (SSSR count). The molecular formula is C19H23Cl2N2O3+. The van der Waals surface area contributed by atoms with Crippen LogP contribution in [0.4, 0.5) is 5.69 Å². The van der Waals surface area contributed by atoms with E-state index in [1.54, 1.807) is 38.5 Å². The van der Waals surface area contributed by atoms with Gasteiger partial charge in [-0.3, -0.25) is 4.79 Å². The van der Waals surface area contributed by atoms with E-state index in [2.05, 4.69) is 5.32 Å². The summed E-state index contributed by atoms with van der Waals surface area (Å²) in [5.41, 5.74) is 1.49. The molecule has 140 valence electrons. The molecule has 0 spiro atoms. The third-order valence-corrected chi connectivity index (χ3v) is 4.73. The van der Waals surface area contributed by atoms with E-state index in [9.17, 15) is 4.79 Å². The molecule has 1 amide bonds. The first-order valence-corrected chi connectivity index (χ1v) is 8.90. The van der Waals surface area contributed by atoms with Crippen LogP contribution in [0.2, 0.25) is 10.0 Å². The standard InChI is InChI=1S/C19H22Cl2N2O3/c1-12(19(24)22-16-10-15(21)6-8-18(16)26-4)23(2)11-13-9-14(20)5-7-17(13)25-3/h5-10,12H,11H2,1-4H3,(H,22,24)/p+1/t12-/m0/s1. The lowest BCUT2D eigenvalue weighted by Gasteiger charge is -2.22. The lowest BCUT2D eigenvalue weighted by Crippen LogP contribution is -3.12. The van der Waals surface area contributed by atoms with Crippen LogP contribution in [0.3, 0.4) is 0 Å². The molecule has 0 radical (unpaired) electrons. The normalized spacial score (nSPS) is 13.0. The van der Waals surface area contributed by atoms with Crippen molar-refractivity contribution < 1.29 is 19.2 Å². The maximum Gasteiger partial charge on any atom is 0.282 e. The Morgan fingerprint density at radius 1 is 1.08 bits per heavy atom. The minimum absolute atomic E-state index is 0.135. The number of methoxy groups -OCH3 is 2. The Morgan fingerprint density at radius 3 is 2.27 bits per heavy atom. The molecule has 0 heterocycles. The lowest BCUT2D eigenvalue weighted by molar-refractivity contribution is -0.907. The van der Waals surface area contributed by atoms with Gasteiger partial charge in [0.25, 0.3) is 5.91 Å². The number of carbonyl (C=O) groups is 1. The zero-order valence-electron chi connectivity index (χ0n) is 15.2. The molecule has 0 aliphatic rings. The molecule has 0 aliphatic heterocycles. The maximum atomic E-state index is 12.7. The highest BCUT2D eigenvalue weighted by molar-refractivity contribution is 6.31. The minimum atomic E-state index is -0.317. The number of quaternary nitrogens is 1. The molecule has 0 aromatic heterocycles. The van der Waals surface area contributed by atoms with E-state index in [0.717, 1.165) is 16.2 Å². The summed E-state index contributed by atoms with van der Waals surface area (Å²) in [6.07, 6.45) is 0. The van der Waals surface area contributed by atoms with Crippen LogP contribution in [0, 0.1) is 0 Å². The van der Waals surface area contributed by atoms with Crippen LogP contribution in [-0.2, 0) is 11.3 Å². The average molecular weight is 398 g/mol. The fraction of sp³-hybridized carbons (Fsp3) is 0.316. The molecule has 2 atom stereocenters. The molecule has 0 fully saturated rings. The van der Waals surface area contributed by atoms with Crippen LogP contribution < -0.4 is 19.7 Å². The second-order valence-electron chi connectivity index (χ2n) is 6.03. The first-order valence-electron chi connectivity index (χ1n) is 8.14. The summed E-state index contributed by atoms with van der Waals surface area (Å²) in [4.78, 5) is 13.6. The molecule has 26 heavy (non-hydrogen) atoms. The lowest BCUT2D eigenvalue weighted by atomic mass is 10.1. The summed E-state index contributed by atoms with van der Waals surface area (Å²) >= 11 is 12.1. The van der Waals surface area contributed by atoms with E-state index in [4.69, 9.17) is 32.7 Å². The van der Waals surface area contributed by atoms with Crippen LogP contribution in [0.15, 0.2) is 36.4 Å². The summed E-state index contributed by atoms with van der Waals surface area (Å²) in [6.45, 7) is 2.45. The predicted octanol–water partition coefficient (Wildman–Crippen LogP) is 3.05. The smallest absolute Gasteiger partial charge is 0.282 e. The highest BCUT2D eigenvalue weighted by atomic mass is 35.5. The highest BCUT2D eigenvalue weighted by Gasteiger charge is 2.24. The number of hydrogen-bond acceptors (Lipinski definition) is 3. The van der Waals surface area contributed by atoms with E-state index >= 15 is 0 Å². The molecule has 2 aromatic carbocycles. The predicted molar refractivity (Wildman–Crippen MR) is 105 cm³/mol. The number of carbonyl (C=O) groups excluding carboxylic acids is 1. The second kappa shape index (κ2) is 9.12. The average Bonchev–Trinajstić information content (AvgIpc) is 2.61. The number of nitrogens with one attached hydrogen (secondary N) is 2. The molecule has 0 aliphatic carbocycles. The molecule has 7 heteroatoms. The number of rotatable bonds is 7. The highest BCUT2D eigenvalue weighted by Crippen LogP contribution is 2.27. The van der Waals surface area contributed by atoms with Crippen molar-refractivity contribution in [3.05, 3.63) is 52.0 Å². The van der Waals surface area contributed by atoms with Crippen molar-refractivity contribution in [1.29, 1.82) is 0 Å². The van der Waals surface area contributed by atoms with Gasteiger partial charge in [-0.15, -0.1) is 0 Å². The van der Waals surface area contributed by atoms with E-state index < -0.39 is 0 Å². The summed E-state index contributed by atoms with van der Waals surface area (Å²) in [7, 11) is 5.11. The van der Waals surface area contributed by atoms with Gasteiger partial charge in [0.2, 0.25) is 0 Å². The number of benzene rings is 2. The van der Waals surface area contributed by atoms with Crippen molar-refractivity contribution in [3.8, 4) is 11.5 Å². The van der Waals surface area contributed by atoms with Crippen LogP contribution in [0.25, 0.3) is 0 Å². The van der Waals surface area contributed by atoms with Crippen LogP contribution in [0.5, 0.6) is 11.5 Å². The Morgan fingerprint density at radius 2 is 1.65 bits per heavy atom. The molecular weight excluding hydrogens is 375 g/mol. The number of likely N-dealkylation sites (N-methyl/N-ethyl adjacent to an activating group) is 1. The Kier molecular flexibility index (Phi) is 7.14. The van der Waals surface area contributed by atoms with E-state index in [1.165, 1.54) is 0 Å². The van der Waals surface area contributed by atoms with Gasteiger partial charge >= 0.3 is 0 Å². The second-order valence-corrected chi connectivity index (χ2v) is 6.91. The van der Waals surface area contributed by atoms with E-state index in [-0.39, 0.29) is 11.9 Å². The zero-order chi connectivity index (χ0) is 19.3. The fourth-order valence-electron chi connectivity index (χ4n) is 2.58. The van der Waals surface area contributed by atoms with Gasteiger partial charge in [0.05, 0.1) is 27.0 Å². The van der Waals surface area contributed by atoms with Gasteiger partial charge in [-0.25, -0.2) is 0 Å². The molecule has 1 unspecified atom stereocenters. The minimum Gasteiger partial charge on any atom is -0.496 e. The van der Waals surface area contributed by atoms with Gasteiger partial charge in [-0.1, -0.05) is 23.2 Å². The molecule has 0 bridgehead atoms. The summed E-state index contributed by atoms with van der Waals surface area (Å²) in [5, 5.41) is 4.04. The molecule has 2 aromatic rings. The molecule has 0 saturated carbocycles. The number of amides is 1. The van der Waals surface area contributed by atoms with Crippen molar-refractivity contribution in [3.63, 3.8) is 0 Å². The summed E-state index contributed by atoms with van der Waals surface area (Å²) < 4.78 is 10.6. The van der Waals surface area contributed by atoms with Gasteiger partial charge < -0.3 is 19.7 Å². The zero-order valence-corrected chi connectivity index (χ0v) is 16.7. The fourth-order valence-corrected chi connectivity index (χ4v) is 2.95. The van der Waals surface area contributed by atoms with Crippen molar-refractivity contribution >= 4 is 34.8 Å². The first kappa shape index (κ1) is 20.4. The van der Waals surface area contributed by atoms with Crippen LogP contribution in [-0.4, -0.2) is 33.2 Å². The van der Waals surface area contributed by atoms with Crippen molar-refractivity contribution in [2.24, 2.45) is 0 Å². The van der Waals surface area contributed by atoms with Gasteiger partial charge in [0.15, 0.2) is 6.04 Å². The third-order valence-electron chi connectivity index (χ3n) is 4.26. The molecule has 0 saturated heterocycles. The third kappa shape index (κ3) is 5.04. The van der Waals surface area contributed by atoms with E-state index in [1.807, 2.05) is 26.1 Å². The Labute approximate surface area is 163 Å².